The van der Waals surface area contributed by atoms with Gasteiger partial charge in [0.2, 0.25) is 5.78 Å². The fourth-order valence-electron chi connectivity index (χ4n) is 3.50. The van der Waals surface area contributed by atoms with Crippen molar-refractivity contribution in [3.05, 3.63) is 107 Å². The van der Waals surface area contributed by atoms with E-state index in [2.05, 4.69) is 0 Å². The van der Waals surface area contributed by atoms with E-state index in [4.69, 9.17) is 14.2 Å². The second-order valence-corrected chi connectivity index (χ2v) is 7.19. The van der Waals surface area contributed by atoms with Gasteiger partial charge in [-0.25, -0.2) is 0 Å². The molecule has 0 amide bonds. The number of allylic oxidation sites excluding steroid dienone is 3. The standard InChI is InChI=1S/C27H22O5/c1-30-21-12-8-19(9-13-21)23-16-24(28)25(20-10-14-22(31-2)15-11-20)27(26(23)29)32-17-18-6-4-3-5-7-18/h3-16H,17H2,1-2H3. The maximum absolute atomic E-state index is 13.5. The molecule has 0 N–H and O–H groups in total. The van der Waals surface area contributed by atoms with E-state index in [0.29, 0.717) is 22.6 Å². The van der Waals surface area contributed by atoms with Crippen LogP contribution >= 0.6 is 0 Å². The number of benzene rings is 3. The topological polar surface area (TPSA) is 61.8 Å². The van der Waals surface area contributed by atoms with Gasteiger partial charge in [-0.2, -0.15) is 0 Å². The molecule has 1 aliphatic carbocycles. The van der Waals surface area contributed by atoms with E-state index < -0.39 is 0 Å². The van der Waals surface area contributed by atoms with E-state index >= 15 is 0 Å². The van der Waals surface area contributed by atoms with E-state index in [1.807, 2.05) is 30.3 Å². The lowest BCUT2D eigenvalue weighted by Crippen LogP contribution is -2.20. The molecule has 0 saturated heterocycles. The predicted octanol–water partition coefficient (Wildman–Crippen LogP) is 4.87. The molecule has 0 unspecified atom stereocenters. The quantitative estimate of drug-likeness (QED) is 0.505. The Labute approximate surface area is 186 Å². The second-order valence-electron chi connectivity index (χ2n) is 7.19. The molecule has 0 saturated carbocycles. The fraction of sp³-hybridized carbons (Fsp3) is 0.111. The first-order valence-electron chi connectivity index (χ1n) is 10.1. The third-order valence-corrected chi connectivity index (χ3v) is 5.21. The van der Waals surface area contributed by atoms with E-state index in [0.717, 1.165) is 5.56 Å². The van der Waals surface area contributed by atoms with Crippen LogP contribution in [0.2, 0.25) is 0 Å². The lowest BCUT2D eigenvalue weighted by molar-refractivity contribution is -0.116. The maximum atomic E-state index is 13.5. The van der Waals surface area contributed by atoms with E-state index in [1.54, 1.807) is 62.8 Å². The molecule has 5 nitrogen and oxygen atoms in total. The average molecular weight is 426 g/mol. The first-order chi connectivity index (χ1) is 15.6. The van der Waals surface area contributed by atoms with Gasteiger partial charge < -0.3 is 14.2 Å². The van der Waals surface area contributed by atoms with Gasteiger partial charge in [-0.1, -0.05) is 54.6 Å². The van der Waals surface area contributed by atoms with Gasteiger partial charge in [-0.3, -0.25) is 9.59 Å². The smallest absolute Gasteiger partial charge is 0.229 e. The minimum absolute atomic E-state index is 0.0392. The van der Waals surface area contributed by atoms with Crippen LogP contribution in [0.25, 0.3) is 11.1 Å². The minimum Gasteiger partial charge on any atom is -0.497 e. The van der Waals surface area contributed by atoms with Crippen molar-refractivity contribution in [2.75, 3.05) is 14.2 Å². The van der Waals surface area contributed by atoms with E-state index in [1.165, 1.54) is 6.08 Å². The molecule has 5 heteroatoms. The molecule has 0 aliphatic heterocycles. The Hall–Kier alpha value is -4.12. The summed E-state index contributed by atoms with van der Waals surface area (Å²) in [6.07, 6.45) is 1.37. The number of carbonyl (C=O) groups excluding carboxylic acids is 2. The lowest BCUT2D eigenvalue weighted by Gasteiger charge is -2.20. The number of rotatable bonds is 7. The summed E-state index contributed by atoms with van der Waals surface area (Å²) in [6, 6.07) is 23.5. The molecule has 0 radical (unpaired) electrons. The van der Waals surface area contributed by atoms with Crippen LogP contribution in [-0.4, -0.2) is 25.8 Å². The number of hydrogen-bond donors (Lipinski definition) is 0. The first-order valence-corrected chi connectivity index (χ1v) is 10.1. The average Bonchev–Trinajstić information content (AvgIpc) is 2.85. The molecule has 3 aromatic carbocycles. The van der Waals surface area contributed by atoms with Gasteiger partial charge in [0.05, 0.1) is 19.8 Å². The van der Waals surface area contributed by atoms with Crippen molar-refractivity contribution in [3.63, 3.8) is 0 Å². The molecule has 0 bridgehead atoms. The van der Waals surface area contributed by atoms with Crippen molar-refractivity contribution in [2.24, 2.45) is 0 Å². The molecule has 0 spiro atoms. The van der Waals surface area contributed by atoms with Crippen LogP contribution in [-0.2, 0) is 20.9 Å². The summed E-state index contributed by atoms with van der Waals surface area (Å²) < 4.78 is 16.4. The van der Waals surface area contributed by atoms with Gasteiger partial charge >= 0.3 is 0 Å². The van der Waals surface area contributed by atoms with Gasteiger partial charge in [0.1, 0.15) is 18.1 Å². The number of Topliss-reactive ketones (excluding diaryl/α,β-unsaturated/α-hetero) is 1. The molecule has 3 aromatic rings. The van der Waals surface area contributed by atoms with Crippen LogP contribution in [0, 0.1) is 0 Å². The summed E-state index contributed by atoms with van der Waals surface area (Å²) in [7, 11) is 3.14. The highest BCUT2D eigenvalue weighted by Gasteiger charge is 2.32. The third-order valence-electron chi connectivity index (χ3n) is 5.21. The van der Waals surface area contributed by atoms with Gasteiger partial charge in [-0.15, -0.1) is 0 Å². The van der Waals surface area contributed by atoms with Crippen LogP contribution in [0.4, 0.5) is 0 Å². The van der Waals surface area contributed by atoms with Gasteiger partial charge in [0.15, 0.2) is 11.5 Å². The predicted molar refractivity (Wildman–Crippen MR) is 122 cm³/mol. The van der Waals surface area contributed by atoms with Crippen molar-refractivity contribution >= 4 is 22.7 Å². The van der Waals surface area contributed by atoms with Crippen molar-refractivity contribution < 1.29 is 23.8 Å². The summed E-state index contributed by atoms with van der Waals surface area (Å²) in [6.45, 7) is 0.171. The largest absolute Gasteiger partial charge is 0.497 e. The molecule has 0 atom stereocenters. The van der Waals surface area contributed by atoms with E-state index in [9.17, 15) is 9.59 Å². The third kappa shape index (κ3) is 4.32. The maximum Gasteiger partial charge on any atom is 0.229 e. The number of methoxy groups -OCH3 is 2. The summed E-state index contributed by atoms with van der Waals surface area (Å²) >= 11 is 0. The van der Waals surface area contributed by atoms with Crippen molar-refractivity contribution in [1.82, 2.24) is 0 Å². The van der Waals surface area contributed by atoms with Gasteiger partial charge in [0, 0.05) is 5.57 Å². The van der Waals surface area contributed by atoms with Crippen molar-refractivity contribution in [1.29, 1.82) is 0 Å². The summed E-state index contributed by atoms with van der Waals surface area (Å²) in [5, 5.41) is 0. The van der Waals surface area contributed by atoms with Crippen molar-refractivity contribution in [2.45, 2.75) is 6.61 Å². The zero-order valence-corrected chi connectivity index (χ0v) is 17.8. The number of ketones is 2. The number of hydrogen-bond acceptors (Lipinski definition) is 5. The Morgan fingerprint density at radius 3 is 1.81 bits per heavy atom. The molecular formula is C27H22O5. The van der Waals surface area contributed by atoms with Gasteiger partial charge in [0.25, 0.3) is 0 Å². The molecule has 0 heterocycles. The summed E-state index contributed by atoms with van der Waals surface area (Å²) in [5.74, 6) is 0.738. The van der Waals surface area contributed by atoms with Crippen LogP contribution in [0.3, 0.4) is 0 Å². The lowest BCUT2D eigenvalue weighted by atomic mass is 9.87. The zero-order chi connectivity index (χ0) is 22.5. The highest BCUT2D eigenvalue weighted by molar-refractivity contribution is 6.45. The molecule has 1 aliphatic rings. The molecule has 4 rings (SSSR count). The normalized spacial score (nSPS) is 13.6. The molecular weight excluding hydrogens is 404 g/mol. The molecule has 32 heavy (non-hydrogen) atoms. The Morgan fingerprint density at radius 1 is 0.688 bits per heavy atom. The zero-order valence-electron chi connectivity index (χ0n) is 17.8. The van der Waals surface area contributed by atoms with Crippen LogP contribution in [0.5, 0.6) is 11.5 Å². The van der Waals surface area contributed by atoms with Crippen molar-refractivity contribution in [3.8, 4) is 11.5 Å². The molecule has 160 valence electrons. The minimum atomic E-state index is -0.337. The number of ether oxygens (including phenoxy) is 3. The summed E-state index contributed by atoms with van der Waals surface area (Å²) in [5.41, 5.74) is 2.65. The summed E-state index contributed by atoms with van der Waals surface area (Å²) in [4.78, 5) is 26.7. The highest BCUT2D eigenvalue weighted by atomic mass is 16.5. The molecule has 0 fully saturated rings. The van der Waals surface area contributed by atoms with Crippen LogP contribution in [0.15, 0.2) is 90.7 Å². The van der Waals surface area contributed by atoms with Gasteiger partial charge in [-0.05, 0) is 47.0 Å². The highest BCUT2D eigenvalue weighted by Crippen LogP contribution is 2.34. The Kier molecular flexibility index (Phi) is 6.17. The van der Waals surface area contributed by atoms with E-state index in [-0.39, 0.29) is 35.1 Å². The Balaban J connectivity index is 1.74. The SMILES string of the molecule is COc1ccc(C2=CC(=O)C(c3ccc(OC)cc3)=C(OCc3ccccc3)C2=O)cc1. The van der Waals surface area contributed by atoms with Crippen LogP contribution in [0.1, 0.15) is 16.7 Å². The Bertz CT molecular complexity index is 1190. The monoisotopic (exact) mass is 426 g/mol. The Morgan fingerprint density at radius 2 is 1.25 bits per heavy atom. The molecule has 0 aromatic heterocycles. The number of carbonyl (C=O) groups is 2. The second kappa shape index (κ2) is 9.35. The van der Waals surface area contributed by atoms with Crippen LogP contribution < -0.4 is 9.47 Å². The first kappa shape index (κ1) is 21.1. The fourth-order valence-corrected chi connectivity index (χ4v) is 3.50.